The van der Waals surface area contributed by atoms with Crippen molar-refractivity contribution < 1.29 is 0 Å². The quantitative estimate of drug-likeness (QED) is 0.799. The van der Waals surface area contributed by atoms with Gasteiger partial charge in [-0.15, -0.1) is 0 Å². The third-order valence-corrected chi connectivity index (χ3v) is 3.67. The number of hydrogen-bond acceptors (Lipinski definition) is 2. The van der Waals surface area contributed by atoms with Gasteiger partial charge in [0.25, 0.3) is 0 Å². The minimum Gasteiger partial charge on any atom is -0.322 e. The zero-order chi connectivity index (χ0) is 10.3. The molecule has 0 radical (unpaired) electrons. The smallest absolute Gasteiger partial charge is 0.0577 e. The number of fused-ring (bicyclic) bond motifs is 1. The van der Waals surface area contributed by atoms with Crippen LogP contribution in [0.3, 0.4) is 0 Å². The predicted molar refractivity (Wildman–Crippen MR) is 60.5 cm³/mol. The highest BCUT2D eigenvalue weighted by Gasteiger charge is 2.30. The Morgan fingerprint density at radius 3 is 2.80 bits per heavy atom. The first-order valence-corrected chi connectivity index (χ1v) is 6.09. The summed E-state index contributed by atoms with van der Waals surface area (Å²) >= 11 is 0. The summed E-state index contributed by atoms with van der Waals surface area (Å²) < 4.78 is 0. The second-order valence-electron chi connectivity index (χ2n) is 4.91. The van der Waals surface area contributed by atoms with Crippen LogP contribution in [0, 0.1) is 5.92 Å². The summed E-state index contributed by atoms with van der Waals surface area (Å²) in [4.78, 5) is 4.75. The van der Waals surface area contributed by atoms with E-state index in [4.69, 9.17) is 10.7 Å². The van der Waals surface area contributed by atoms with E-state index in [0.29, 0.717) is 5.92 Å². The van der Waals surface area contributed by atoms with Crippen molar-refractivity contribution in [1.82, 2.24) is 4.98 Å². The number of rotatable bonds is 2. The lowest BCUT2D eigenvalue weighted by Crippen LogP contribution is -2.16. The highest BCUT2D eigenvalue weighted by atomic mass is 14.8. The lowest BCUT2D eigenvalue weighted by atomic mass is 9.95. The SMILES string of the molecule is N[C@@H](c1ccc2c(n1)CCCC2)C1CC1. The van der Waals surface area contributed by atoms with Crippen molar-refractivity contribution in [3.8, 4) is 0 Å². The molecule has 2 N–H and O–H groups in total. The zero-order valence-electron chi connectivity index (χ0n) is 9.08. The molecule has 2 aliphatic rings. The number of aromatic nitrogens is 1. The molecule has 2 nitrogen and oxygen atoms in total. The molecule has 2 heteroatoms. The van der Waals surface area contributed by atoms with Crippen molar-refractivity contribution in [2.75, 3.05) is 0 Å². The molecule has 0 unspecified atom stereocenters. The van der Waals surface area contributed by atoms with Gasteiger partial charge in [0.05, 0.1) is 5.69 Å². The summed E-state index contributed by atoms with van der Waals surface area (Å²) in [5.41, 5.74) is 10.1. The highest BCUT2D eigenvalue weighted by molar-refractivity contribution is 5.27. The van der Waals surface area contributed by atoms with E-state index in [1.165, 1.54) is 43.4 Å². The van der Waals surface area contributed by atoms with E-state index in [9.17, 15) is 0 Å². The first kappa shape index (κ1) is 9.34. The fourth-order valence-corrected chi connectivity index (χ4v) is 2.48. The van der Waals surface area contributed by atoms with Crippen LogP contribution in [0.4, 0.5) is 0 Å². The topological polar surface area (TPSA) is 38.9 Å². The molecule has 1 fully saturated rings. The molecule has 0 bridgehead atoms. The normalized spacial score (nSPS) is 22.2. The number of aryl methyl sites for hydroxylation is 2. The summed E-state index contributed by atoms with van der Waals surface area (Å²) in [6.45, 7) is 0. The van der Waals surface area contributed by atoms with Crippen LogP contribution in [-0.2, 0) is 12.8 Å². The summed E-state index contributed by atoms with van der Waals surface area (Å²) in [7, 11) is 0. The van der Waals surface area contributed by atoms with Gasteiger partial charge in [0.15, 0.2) is 0 Å². The minimum absolute atomic E-state index is 0.192. The van der Waals surface area contributed by atoms with Crippen molar-refractivity contribution in [2.24, 2.45) is 11.7 Å². The van der Waals surface area contributed by atoms with E-state index < -0.39 is 0 Å². The van der Waals surface area contributed by atoms with Gasteiger partial charge in [0, 0.05) is 11.7 Å². The molecule has 1 atom stereocenters. The Kier molecular flexibility index (Phi) is 2.24. The monoisotopic (exact) mass is 202 g/mol. The second-order valence-corrected chi connectivity index (χ2v) is 4.91. The molecule has 80 valence electrons. The van der Waals surface area contributed by atoms with E-state index in [-0.39, 0.29) is 6.04 Å². The van der Waals surface area contributed by atoms with Crippen LogP contribution in [0.25, 0.3) is 0 Å². The molecular formula is C13H18N2. The Labute approximate surface area is 90.9 Å². The summed E-state index contributed by atoms with van der Waals surface area (Å²) in [5, 5.41) is 0. The Hall–Kier alpha value is -0.890. The molecule has 0 aliphatic heterocycles. The molecule has 0 amide bonds. The van der Waals surface area contributed by atoms with Crippen molar-refractivity contribution in [3.63, 3.8) is 0 Å². The fourth-order valence-electron chi connectivity index (χ4n) is 2.48. The van der Waals surface area contributed by atoms with Crippen LogP contribution in [0.5, 0.6) is 0 Å². The first-order valence-electron chi connectivity index (χ1n) is 6.09. The maximum Gasteiger partial charge on any atom is 0.0577 e. The maximum atomic E-state index is 6.17. The lowest BCUT2D eigenvalue weighted by molar-refractivity contribution is 0.598. The van der Waals surface area contributed by atoms with Crippen LogP contribution < -0.4 is 5.73 Å². The summed E-state index contributed by atoms with van der Waals surface area (Å²) in [6.07, 6.45) is 7.56. The van der Waals surface area contributed by atoms with E-state index in [2.05, 4.69) is 12.1 Å². The highest BCUT2D eigenvalue weighted by Crippen LogP contribution is 2.39. The van der Waals surface area contributed by atoms with Crippen molar-refractivity contribution >= 4 is 0 Å². The van der Waals surface area contributed by atoms with Crippen LogP contribution in [0.15, 0.2) is 12.1 Å². The average molecular weight is 202 g/mol. The van der Waals surface area contributed by atoms with Crippen LogP contribution >= 0.6 is 0 Å². The van der Waals surface area contributed by atoms with Gasteiger partial charge in [-0.05, 0) is 56.1 Å². The summed E-state index contributed by atoms with van der Waals surface area (Å²) in [6, 6.07) is 4.59. The number of hydrogen-bond donors (Lipinski definition) is 1. The number of pyridine rings is 1. The second kappa shape index (κ2) is 3.60. The molecule has 15 heavy (non-hydrogen) atoms. The Morgan fingerprint density at radius 1 is 1.20 bits per heavy atom. The number of nitrogens with two attached hydrogens (primary N) is 1. The van der Waals surface area contributed by atoms with Crippen molar-refractivity contribution in [2.45, 2.75) is 44.6 Å². The van der Waals surface area contributed by atoms with Crippen molar-refractivity contribution in [3.05, 3.63) is 29.1 Å². The van der Waals surface area contributed by atoms with E-state index >= 15 is 0 Å². The van der Waals surface area contributed by atoms with Gasteiger partial charge in [-0.1, -0.05) is 6.07 Å². The van der Waals surface area contributed by atoms with Crippen molar-refractivity contribution in [1.29, 1.82) is 0 Å². The molecule has 0 saturated heterocycles. The van der Waals surface area contributed by atoms with Crippen LogP contribution in [-0.4, -0.2) is 4.98 Å². The fraction of sp³-hybridized carbons (Fsp3) is 0.615. The largest absolute Gasteiger partial charge is 0.322 e. The lowest BCUT2D eigenvalue weighted by Gasteiger charge is -2.17. The van der Waals surface area contributed by atoms with E-state index in [0.717, 1.165) is 12.1 Å². The van der Waals surface area contributed by atoms with Gasteiger partial charge in [-0.2, -0.15) is 0 Å². The van der Waals surface area contributed by atoms with Crippen LogP contribution in [0.1, 0.15) is 48.7 Å². The third kappa shape index (κ3) is 1.78. The Bertz CT molecular complexity index is 369. The zero-order valence-corrected chi connectivity index (χ0v) is 9.08. The van der Waals surface area contributed by atoms with Gasteiger partial charge in [-0.25, -0.2) is 0 Å². The molecule has 0 aromatic carbocycles. The first-order chi connectivity index (χ1) is 7.34. The van der Waals surface area contributed by atoms with Crippen LogP contribution in [0.2, 0.25) is 0 Å². The van der Waals surface area contributed by atoms with E-state index in [1.807, 2.05) is 0 Å². The standard InChI is InChI=1S/C13H18N2/c14-13(10-5-6-10)12-8-7-9-3-1-2-4-11(9)15-12/h7-8,10,13H,1-6,14H2/t13-/m1/s1. The van der Waals surface area contributed by atoms with Gasteiger partial charge < -0.3 is 5.73 Å². The third-order valence-electron chi connectivity index (χ3n) is 3.67. The molecule has 0 spiro atoms. The van der Waals surface area contributed by atoms with E-state index in [1.54, 1.807) is 0 Å². The maximum absolute atomic E-state index is 6.17. The Morgan fingerprint density at radius 2 is 2.00 bits per heavy atom. The molecule has 1 heterocycles. The molecular weight excluding hydrogens is 184 g/mol. The molecule has 1 saturated carbocycles. The van der Waals surface area contributed by atoms with Gasteiger partial charge in [0.1, 0.15) is 0 Å². The molecule has 3 rings (SSSR count). The Balaban J connectivity index is 1.89. The molecule has 2 aliphatic carbocycles. The average Bonchev–Trinajstić information content (AvgIpc) is 3.11. The predicted octanol–water partition coefficient (Wildman–Crippen LogP) is 2.37. The minimum atomic E-state index is 0.192. The van der Waals surface area contributed by atoms with Gasteiger partial charge >= 0.3 is 0 Å². The van der Waals surface area contributed by atoms with Gasteiger partial charge in [-0.3, -0.25) is 4.98 Å². The number of nitrogens with zero attached hydrogens (tertiary/aromatic N) is 1. The molecule has 1 aromatic heterocycles. The van der Waals surface area contributed by atoms with Gasteiger partial charge in [0.2, 0.25) is 0 Å². The molecule has 1 aromatic rings. The summed E-state index contributed by atoms with van der Waals surface area (Å²) in [5.74, 6) is 0.708.